The minimum atomic E-state index is 0.752. The number of benzene rings is 1. The van der Waals surface area contributed by atoms with Gasteiger partial charge in [0.15, 0.2) is 0 Å². The Morgan fingerprint density at radius 2 is 1.27 bits per heavy atom. The average Bonchev–Trinajstić information content (AvgIpc) is 2.71. The molecule has 2 fully saturated rings. The fourth-order valence-electron chi connectivity index (χ4n) is 6.08. The van der Waals surface area contributed by atoms with E-state index in [1.54, 1.807) is 11.1 Å². The molecule has 0 aromatic heterocycles. The van der Waals surface area contributed by atoms with Crippen molar-refractivity contribution in [1.29, 1.82) is 0 Å². The Hall–Kier alpha value is -0.780. The topological polar surface area (TPSA) is 0 Å². The molecule has 0 aliphatic heterocycles. The van der Waals surface area contributed by atoms with E-state index in [2.05, 4.69) is 45.0 Å². The van der Waals surface area contributed by atoms with Crippen molar-refractivity contribution in [3.05, 3.63) is 35.4 Å². The first-order valence-corrected chi connectivity index (χ1v) is 11.8. The fraction of sp³-hybridized carbons (Fsp3) is 0.769. The third-order valence-corrected chi connectivity index (χ3v) is 7.89. The van der Waals surface area contributed by atoms with E-state index >= 15 is 0 Å². The third-order valence-electron chi connectivity index (χ3n) is 7.89. The highest BCUT2D eigenvalue weighted by Crippen LogP contribution is 2.44. The van der Waals surface area contributed by atoms with Gasteiger partial charge in [0, 0.05) is 0 Å². The zero-order chi connectivity index (χ0) is 18.4. The van der Waals surface area contributed by atoms with Crippen LogP contribution in [0.1, 0.15) is 121 Å². The lowest BCUT2D eigenvalue weighted by Gasteiger charge is -2.38. The molecule has 2 aliphatic carbocycles. The van der Waals surface area contributed by atoms with E-state index in [0.29, 0.717) is 0 Å². The maximum atomic E-state index is 2.45. The largest absolute Gasteiger partial charge is 0.0654 e. The molecule has 0 amide bonds. The van der Waals surface area contributed by atoms with Crippen LogP contribution in [0, 0.1) is 17.8 Å². The van der Waals surface area contributed by atoms with Gasteiger partial charge in [0.05, 0.1) is 0 Å². The summed E-state index contributed by atoms with van der Waals surface area (Å²) in [5, 5.41) is 0. The summed E-state index contributed by atoms with van der Waals surface area (Å²) in [6.07, 6.45) is 17.4. The predicted octanol–water partition coefficient (Wildman–Crippen LogP) is 8.47. The van der Waals surface area contributed by atoms with Gasteiger partial charge in [-0.15, -0.1) is 0 Å². The van der Waals surface area contributed by atoms with Gasteiger partial charge in [-0.2, -0.15) is 0 Å². The maximum Gasteiger partial charge on any atom is -0.0162 e. The van der Waals surface area contributed by atoms with Crippen LogP contribution >= 0.6 is 0 Å². The molecule has 1 aromatic carbocycles. The Morgan fingerprint density at radius 3 is 1.77 bits per heavy atom. The van der Waals surface area contributed by atoms with Crippen molar-refractivity contribution < 1.29 is 0 Å². The van der Waals surface area contributed by atoms with Gasteiger partial charge in [-0.05, 0) is 92.1 Å². The summed E-state index contributed by atoms with van der Waals surface area (Å²) < 4.78 is 0. The highest BCUT2D eigenvalue weighted by atomic mass is 14.4. The van der Waals surface area contributed by atoms with E-state index in [9.17, 15) is 0 Å². The molecule has 146 valence electrons. The molecule has 3 rings (SSSR count). The number of rotatable bonds is 7. The number of hydrogen-bond acceptors (Lipinski definition) is 0. The number of hydrogen-bond donors (Lipinski definition) is 0. The summed E-state index contributed by atoms with van der Waals surface area (Å²) >= 11 is 0. The lowest BCUT2D eigenvalue weighted by atomic mass is 9.68. The molecule has 0 spiro atoms. The molecule has 0 heteroatoms. The molecule has 0 saturated heterocycles. The molecular weight excluding hydrogens is 312 g/mol. The minimum absolute atomic E-state index is 0.752. The molecular formula is C26H42. The summed E-state index contributed by atoms with van der Waals surface area (Å²) in [6, 6.07) is 9.76. The van der Waals surface area contributed by atoms with E-state index in [4.69, 9.17) is 0 Å². The van der Waals surface area contributed by atoms with Crippen molar-refractivity contribution >= 4 is 0 Å². The van der Waals surface area contributed by atoms with Crippen LogP contribution < -0.4 is 0 Å². The first kappa shape index (κ1) is 20.0. The second kappa shape index (κ2) is 9.95. The summed E-state index contributed by atoms with van der Waals surface area (Å²) in [7, 11) is 0. The van der Waals surface area contributed by atoms with Crippen molar-refractivity contribution in [2.45, 2.75) is 110 Å². The fourth-order valence-corrected chi connectivity index (χ4v) is 6.08. The second-order valence-electron chi connectivity index (χ2n) is 9.36. The van der Waals surface area contributed by atoms with E-state index in [1.807, 2.05) is 0 Å². The molecule has 0 atom stereocenters. The van der Waals surface area contributed by atoms with Crippen LogP contribution in [-0.4, -0.2) is 0 Å². The van der Waals surface area contributed by atoms with Crippen LogP contribution in [0.5, 0.6) is 0 Å². The predicted molar refractivity (Wildman–Crippen MR) is 115 cm³/mol. The van der Waals surface area contributed by atoms with Crippen LogP contribution in [0.25, 0.3) is 0 Å². The van der Waals surface area contributed by atoms with Crippen molar-refractivity contribution in [2.24, 2.45) is 17.8 Å². The van der Waals surface area contributed by atoms with Gasteiger partial charge in [-0.3, -0.25) is 0 Å². The van der Waals surface area contributed by atoms with Crippen molar-refractivity contribution in [2.75, 3.05) is 0 Å². The summed E-state index contributed by atoms with van der Waals surface area (Å²) in [5.74, 6) is 4.74. The Balaban J connectivity index is 1.48. The van der Waals surface area contributed by atoms with Gasteiger partial charge in [0.1, 0.15) is 0 Å². The van der Waals surface area contributed by atoms with E-state index in [1.165, 1.54) is 77.0 Å². The van der Waals surface area contributed by atoms with Gasteiger partial charge < -0.3 is 0 Å². The summed E-state index contributed by atoms with van der Waals surface area (Å²) in [4.78, 5) is 0. The lowest BCUT2D eigenvalue weighted by Crippen LogP contribution is -2.25. The quantitative estimate of drug-likeness (QED) is 0.460. The van der Waals surface area contributed by atoms with Gasteiger partial charge in [0.25, 0.3) is 0 Å². The Kier molecular flexibility index (Phi) is 7.64. The van der Waals surface area contributed by atoms with E-state index in [-0.39, 0.29) is 0 Å². The molecule has 0 nitrogen and oxygen atoms in total. The molecule has 0 unspecified atom stereocenters. The zero-order valence-corrected chi connectivity index (χ0v) is 17.7. The van der Waals surface area contributed by atoms with Crippen LogP contribution in [0.4, 0.5) is 0 Å². The van der Waals surface area contributed by atoms with Gasteiger partial charge in [0.2, 0.25) is 0 Å². The molecule has 0 bridgehead atoms. The maximum absolute atomic E-state index is 2.45. The smallest absolute Gasteiger partial charge is 0.0162 e. The monoisotopic (exact) mass is 354 g/mol. The summed E-state index contributed by atoms with van der Waals surface area (Å²) in [5.41, 5.74) is 3.17. The average molecular weight is 355 g/mol. The van der Waals surface area contributed by atoms with E-state index < -0.39 is 0 Å². The molecule has 0 radical (unpaired) electrons. The first-order valence-electron chi connectivity index (χ1n) is 11.8. The third kappa shape index (κ3) is 4.93. The van der Waals surface area contributed by atoms with E-state index in [0.717, 1.165) is 29.6 Å². The van der Waals surface area contributed by atoms with Crippen molar-refractivity contribution in [3.8, 4) is 0 Å². The van der Waals surface area contributed by atoms with Crippen LogP contribution in [0.2, 0.25) is 0 Å². The molecule has 2 aliphatic rings. The molecule has 0 heterocycles. The van der Waals surface area contributed by atoms with Crippen LogP contribution in [0.15, 0.2) is 24.3 Å². The Bertz CT molecular complexity index is 493. The van der Waals surface area contributed by atoms with Crippen molar-refractivity contribution in [1.82, 2.24) is 0 Å². The highest BCUT2D eigenvalue weighted by molar-refractivity contribution is 5.28. The molecule has 2 saturated carbocycles. The Labute approximate surface area is 163 Å². The molecule has 26 heavy (non-hydrogen) atoms. The SMILES string of the molecule is CCCC1CCC(C2CCC(c3ccc(C(CC)CC)cc3)CC2)CC1. The standard InChI is InChI=1S/C26H42/c1-4-7-20-8-10-23(11-9-20)24-16-18-26(19-17-24)25-14-12-22(13-15-25)21(5-2)6-3/h12-15,20-21,23-24,26H,4-11,16-19H2,1-3H3. The molecule has 0 N–H and O–H groups in total. The van der Waals surface area contributed by atoms with Gasteiger partial charge in [-0.25, -0.2) is 0 Å². The zero-order valence-electron chi connectivity index (χ0n) is 17.7. The normalized spacial score (nSPS) is 29.8. The summed E-state index contributed by atoms with van der Waals surface area (Å²) in [6.45, 7) is 6.99. The minimum Gasteiger partial charge on any atom is -0.0654 e. The molecule has 1 aromatic rings. The van der Waals surface area contributed by atoms with Gasteiger partial charge >= 0.3 is 0 Å². The second-order valence-corrected chi connectivity index (χ2v) is 9.36. The van der Waals surface area contributed by atoms with Crippen LogP contribution in [-0.2, 0) is 0 Å². The Morgan fingerprint density at radius 1 is 0.731 bits per heavy atom. The van der Waals surface area contributed by atoms with Crippen LogP contribution in [0.3, 0.4) is 0 Å². The van der Waals surface area contributed by atoms with Crippen molar-refractivity contribution in [3.63, 3.8) is 0 Å². The highest BCUT2D eigenvalue weighted by Gasteiger charge is 2.31. The van der Waals surface area contributed by atoms with Gasteiger partial charge in [-0.1, -0.05) is 70.7 Å². The first-order chi connectivity index (χ1) is 12.7. The lowest BCUT2D eigenvalue weighted by molar-refractivity contribution is 0.156.